The van der Waals surface area contributed by atoms with Crippen molar-refractivity contribution in [1.29, 1.82) is 0 Å². The van der Waals surface area contributed by atoms with Crippen LogP contribution in [0.2, 0.25) is 0 Å². The van der Waals surface area contributed by atoms with Gasteiger partial charge in [0.05, 0.1) is 0 Å². The van der Waals surface area contributed by atoms with Crippen LogP contribution in [0.1, 0.15) is 33.1 Å². The van der Waals surface area contributed by atoms with Crippen LogP contribution in [0.3, 0.4) is 0 Å². The molecule has 1 saturated heterocycles. The van der Waals surface area contributed by atoms with Gasteiger partial charge in [-0.15, -0.1) is 4.89 Å². The number of fused-ring (bicyclic) bond motifs is 1. The highest BCUT2D eigenvalue weighted by molar-refractivity contribution is 5.80. The number of esters is 1. The van der Waals surface area contributed by atoms with Gasteiger partial charge in [0.1, 0.15) is 5.41 Å². The van der Waals surface area contributed by atoms with E-state index in [1.807, 2.05) is 0 Å². The van der Waals surface area contributed by atoms with Crippen LogP contribution in [0.15, 0.2) is 0 Å². The molecule has 5 nitrogen and oxygen atoms in total. The Morgan fingerprint density at radius 2 is 2.21 bits per heavy atom. The predicted molar refractivity (Wildman–Crippen MR) is 43.6 cm³/mol. The summed E-state index contributed by atoms with van der Waals surface area (Å²) in [7, 11) is 0. The number of rotatable bonds is 1. The summed E-state index contributed by atoms with van der Waals surface area (Å²) in [6.07, 6.45) is 1.92. The second kappa shape index (κ2) is 2.70. The van der Waals surface area contributed by atoms with Crippen molar-refractivity contribution in [3.63, 3.8) is 0 Å². The Morgan fingerprint density at radius 1 is 1.50 bits per heavy atom. The Labute approximate surface area is 81.2 Å². The van der Waals surface area contributed by atoms with Gasteiger partial charge in [-0.05, 0) is 19.8 Å². The van der Waals surface area contributed by atoms with Gasteiger partial charge in [-0.2, -0.15) is 0 Å². The zero-order valence-corrected chi connectivity index (χ0v) is 8.16. The summed E-state index contributed by atoms with van der Waals surface area (Å²) in [5.41, 5.74) is -0.835. The minimum Gasteiger partial charge on any atom is -0.428 e. The zero-order chi connectivity index (χ0) is 10.4. The van der Waals surface area contributed by atoms with Crippen molar-refractivity contribution in [2.45, 2.75) is 38.9 Å². The van der Waals surface area contributed by atoms with Gasteiger partial charge < -0.3 is 4.74 Å². The molecule has 2 rings (SSSR count). The van der Waals surface area contributed by atoms with Crippen LogP contribution in [0, 0.1) is 5.41 Å². The van der Waals surface area contributed by atoms with Gasteiger partial charge in [0, 0.05) is 13.3 Å². The minimum atomic E-state index is -1.18. The first-order valence-electron chi connectivity index (χ1n) is 4.60. The highest BCUT2D eigenvalue weighted by Crippen LogP contribution is 2.54. The molecule has 0 aromatic rings. The second-order valence-electron chi connectivity index (χ2n) is 3.99. The molecule has 0 bridgehead atoms. The second-order valence-corrected chi connectivity index (χ2v) is 3.99. The van der Waals surface area contributed by atoms with Crippen molar-refractivity contribution in [2.24, 2.45) is 5.41 Å². The number of carbonyl (C=O) groups is 2. The molecule has 2 atom stereocenters. The smallest absolute Gasteiger partial charge is 0.355 e. The number of hydrogen-bond acceptors (Lipinski definition) is 5. The summed E-state index contributed by atoms with van der Waals surface area (Å²) in [5.74, 6) is -2.09. The van der Waals surface area contributed by atoms with Crippen LogP contribution in [0.4, 0.5) is 0 Å². The van der Waals surface area contributed by atoms with Crippen LogP contribution >= 0.6 is 0 Å². The standard InChI is InChI=1S/C9H12O5/c1-6(10)12-9-5-3-4-8(9,2)7(11)13-14-9/h3-5H2,1-2H3. The lowest BCUT2D eigenvalue weighted by Crippen LogP contribution is -2.45. The van der Waals surface area contributed by atoms with Crippen LogP contribution in [-0.2, 0) is 24.1 Å². The molecule has 0 aromatic carbocycles. The number of hydrogen-bond donors (Lipinski definition) is 0. The Hall–Kier alpha value is -1.10. The third kappa shape index (κ3) is 0.987. The monoisotopic (exact) mass is 200 g/mol. The lowest BCUT2D eigenvalue weighted by atomic mass is 9.84. The van der Waals surface area contributed by atoms with E-state index in [1.165, 1.54) is 6.92 Å². The number of carbonyl (C=O) groups excluding carboxylic acids is 2. The maximum atomic E-state index is 11.4. The van der Waals surface area contributed by atoms with Crippen molar-refractivity contribution < 1.29 is 24.1 Å². The van der Waals surface area contributed by atoms with E-state index in [-0.39, 0.29) is 0 Å². The molecule has 0 spiro atoms. The van der Waals surface area contributed by atoms with Gasteiger partial charge in [-0.25, -0.2) is 4.79 Å². The summed E-state index contributed by atoms with van der Waals surface area (Å²) in [5, 5.41) is 0. The molecule has 2 fully saturated rings. The van der Waals surface area contributed by atoms with Gasteiger partial charge in [-0.3, -0.25) is 9.68 Å². The number of ether oxygens (including phenoxy) is 1. The summed E-state index contributed by atoms with van der Waals surface area (Å²) >= 11 is 0. The third-order valence-electron chi connectivity index (χ3n) is 3.03. The van der Waals surface area contributed by atoms with Gasteiger partial charge in [0.25, 0.3) is 5.79 Å². The van der Waals surface area contributed by atoms with Gasteiger partial charge in [0.15, 0.2) is 0 Å². The molecule has 0 aromatic heterocycles. The highest BCUT2D eigenvalue weighted by atomic mass is 17.3. The Bertz CT molecular complexity index is 300. The minimum absolute atomic E-state index is 0.448. The van der Waals surface area contributed by atoms with Crippen molar-refractivity contribution >= 4 is 11.9 Å². The first-order chi connectivity index (χ1) is 6.50. The van der Waals surface area contributed by atoms with E-state index in [0.29, 0.717) is 12.8 Å². The Morgan fingerprint density at radius 3 is 2.86 bits per heavy atom. The van der Waals surface area contributed by atoms with Crippen molar-refractivity contribution in [1.82, 2.24) is 0 Å². The highest BCUT2D eigenvalue weighted by Gasteiger charge is 2.68. The molecular formula is C9H12O5. The molecule has 78 valence electrons. The van der Waals surface area contributed by atoms with Gasteiger partial charge in [0.2, 0.25) is 0 Å². The molecule has 5 heteroatoms. The lowest BCUT2D eigenvalue weighted by molar-refractivity contribution is -0.364. The summed E-state index contributed by atoms with van der Waals surface area (Å²) < 4.78 is 5.09. The largest absolute Gasteiger partial charge is 0.428 e. The van der Waals surface area contributed by atoms with Crippen molar-refractivity contribution in [2.75, 3.05) is 0 Å². The molecule has 1 aliphatic carbocycles. The van der Waals surface area contributed by atoms with E-state index in [1.54, 1.807) is 6.92 Å². The quantitative estimate of drug-likeness (QED) is 0.465. The molecule has 1 saturated carbocycles. The van der Waals surface area contributed by atoms with Gasteiger partial charge in [-0.1, -0.05) is 0 Å². The lowest BCUT2D eigenvalue weighted by Gasteiger charge is -2.28. The van der Waals surface area contributed by atoms with E-state index < -0.39 is 23.1 Å². The maximum absolute atomic E-state index is 11.4. The predicted octanol–water partition coefficient (Wildman–Crippen LogP) is 0.924. The van der Waals surface area contributed by atoms with Crippen LogP contribution in [-0.4, -0.2) is 17.7 Å². The fourth-order valence-electron chi connectivity index (χ4n) is 2.14. The molecule has 1 aliphatic heterocycles. The average Bonchev–Trinajstić information content (AvgIpc) is 2.49. The summed E-state index contributed by atoms with van der Waals surface area (Å²) in [6.45, 7) is 3.00. The van der Waals surface area contributed by atoms with Crippen molar-refractivity contribution in [3.05, 3.63) is 0 Å². The fourth-order valence-corrected chi connectivity index (χ4v) is 2.14. The van der Waals surface area contributed by atoms with Crippen LogP contribution < -0.4 is 0 Å². The molecule has 2 aliphatic rings. The average molecular weight is 200 g/mol. The molecule has 14 heavy (non-hydrogen) atoms. The van der Waals surface area contributed by atoms with Crippen LogP contribution in [0.25, 0.3) is 0 Å². The Balaban J connectivity index is 2.33. The van der Waals surface area contributed by atoms with Crippen molar-refractivity contribution in [3.8, 4) is 0 Å². The molecule has 0 radical (unpaired) electrons. The van der Waals surface area contributed by atoms with E-state index >= 15 is 0 Å². The molecule has 0 N–H and O–H groups in total. The molecule has 2 unspecified atom stereocenters. The summed E-state index contributed by atoms with van der Waals surface area (Å²) in [4.78, 5) is 31.8. The van der Waals surface area contributed by atoms with Crippen LogP contribution in [0.5, 0.6) is 0 Å². The van der Waals surface area contributed by atoms with E-state index in [9.17, 15) is 9.59 Å². The van der Waals surface area contributed by atoms with Gasteiger partial charge >= 0.3 is 11.9 Å². The zero-order valence-electron chi connectivity index (χ0n) is 8.16. The Kier molecular flexibility index (Phi) is 1.82. The summed E-state index contributed by atoms with van der Waals surface area (Å²) in [6, 6.07) is 0. The SMILES string of the molecule is CC(=O)OC12CCCC1(C)C(=O)OO2. The van der Waals surface area contributed by atoms with E-state index in [0.717, 1.165) is 6.42 Å². The first-order valence-corrected chi connectivity index (χ1v) is 4.60. The third-order valence-corrected chi connectivity index (χ3v) is 3.03. The maximum Gasteiger partial charge on any atom is 0.355 e. The normalized spacial score (nSPS) is 40.6. The fraction of sp³-hybridized carbons (Fsp3) is 0.778. The molecule has 0 amide bonds. The van der Waals surface area contributed by atoms with E-state index in [4.69, 9.17) is 9.62 Å². The topological polar surface area (TPSA) is 61.8 Å². The van der Waals surface area contributed by atoms with E-state index in [2.05, 4.69) is 4.89 Å². The molecule has 1 heterocycles. The first kappa shape index (κ1) is 9.45. The molecular weight excluding hydrogens is 188 g/mol.